The smallest absolute Gasteiger partial charge is 0.0351 e. The van der Waals surface area contributed by atoms with E-state index in [-0.39, 0.29) is 254 Å². The Labute approximate surface area is 412 Å². The van der Waals surface area contributed by atoms with Crippen LogP contribution in [-0.4, -0.2) is 14.2 Å². The predicted octanol–water partition coefficient (Wildman–Crippen LogP) is 10.4. The van der Waals surface area contributed by atoms with Gasteiger partial charge >= 0.3 is 0 Å². The Hall–Kier alpha value is 5.70. The number of hydrogen-bond donors (Lipinski definition) is 0. The van der Waals surface area contributed by atoms with E-state index < -0.39 is 0 Å². The standard InChI is InChI=1S/C21H24.C2H6O.2C2H6.3CH4.6Ar/c1-6-15-9-7-10-16-17-11-8-12-19(21(3,4)5)20(17)14(2)13-18(15)16;1-3-2;2*1-2;;;;;;;;;/h7-13H,6H2,1-5H3;1-2H3;2*1-2H3;3*1H4;;;;;;. The van der Waals surface area contributed by atoms with E-state index in [4.69, 9.17) is 0 Å². The first-order valence-corrected chi connectivity index (χ1v) is 10.7. The Balaban J connectivity index is -0.0000000524. The summed E-state index contributed by atoms with van der Waals surface area (Å²) in [5.74, 6) is 0. The van der Waals surface area contributed by atoms with Crippen molar-refractivity contribution in [2.45, 2.75) is 96.4 Å². The van der Waals surface area contributed by atoms with Gasteiger partial charge in [-0.15, -0.1) is 0 Å². The van der Waals surface area contributed by atoms with E-state index in [1.54, 1.807) is 14.2 Å². The Kier molecular flexibility index (Phi) is 74.5. The Morgan fingerprint density at radius 3 is 1.41 bits per heavy atom. The van der Waals surface area contributed by atoms with Crippen LogP contribution in [-0.2, 0) is 16.6 Å². The molecule has 0 aliphatic heterocycles. The van der Waals surface area contributed by atoms with Crippen molar-refractivity contribution in [3.63, 3.8) is 0 Å². The zero-order valence-corrected chi connectivity index (χ0v) is 26.5. The Morgan fingerprint density at radius 2 is 1.03 bits per heavy atom. The van der Waals surface area contributed by atoms with E-state index in [0.717, 1.165) is 6.42 Å². The summed E-state index contributed by atoms with van der Waals surface area (Å²) >= 11 is 0. The minimum atomic E-state index is 0. The molecule has 3 aromatic rings. The van der Waals surface area contributed by atoms with Crippen LogP contribution < -0.4 is 0 Å². The van der Waals surface area contributed by atoms with Gasteiger partial charge in [0.15, 0.2) is 0 Å². The maximum atomic E-state index is 4.25. The quantitative estimate of drug-likeness (QED) is 0.234. The summed E-state index contributed by atoms with van der Waals surface area (Å²) in [6, 6.07) is 15.9. The Bertz CT molecular complexity index is 862. The van der Waals surface area contributed by atoms with Gasteiger partial charge in [0.1, 0.15) is 0 Å². The van der Waals surface area contributed by atoms with Crippen molar-refractivity contribution in [3.05, 3.63) is 59.2 Å². The second-order valence-corrected chi connectivity index (χ2v) is 7.45. The fraction of sp³-hybridized carbons (Fsp3) is 0.533. The molecular formula is C30H54Ar6O. The molecule has 3 rings (SSSR count). The molecule has 1 nitrogen and oxygen atoms in total. The third-order valence-electron chi connectivity index (χ3n) is 4.50. The molecule has 0 unspecified atom stereocenters. The van der Waals surface area contributed by atoms with Gasteiger partial charge in [-0.1, -0.05) is 120 Å². The number of aryl methyl sites for hydroxylation is 2. The fourth-order valence-corrected chi connectivity index (χ4v) is 3.44. The third kappa shape index (κ3) is 22.8. The third-order valence-corrected chi connectivity index (χ3v) is 4.50. The van der Waals surface area contributed by atoms with Crippen molar-refractivity contribution >= 4 is 21.5 Å². The minimum absolute atomic E-state index is 0. The number of ether oxygens (including phenoxy) is 1. The summed E-state index contributed by atoms with van der Waals surface area (Å²) in [4.78, 5) is 0. The summed E-state index contributed by atoms with van der Waals surface area (Å²) in [5, 5.41) is 5.63. The summed E-state index contributed by atoms with van der Waals surface area (Å²) < 4.78 is 4.25. The van der Waals surface area contributed by atoms with Gasteiger partial charge in [-0.3, -0.25) is 0 Å². The molecule has 0 N–H and O–H groups in total. The molecule has 0 aliphatic carbocycles. The van der Waals surface area contributed by atoms with Crippen molar-refractivity contribution in [1.82, 2.24) is 0 Å². The van der Waals surface area contributed by atoms with Crippen LogP contribution in [0.1, 0.15) is 94.4 Å². The minimum Gasteiger partial charge on any atom is -0.388 e. The predicted molar refractivity (Wildman–Crippen MR) is 150 cm³/mol. The Morgan fingerprint density at radius 1 is 0.649 bits per heavy atom. The van der Waals surface area contributed by atoms with Crippen LogP contribution in [0, 0.1) is 233 Å². The molecule has 0 spiro atoms. The fourth-order valence-electron chi connectivity index (χ4n) is 3.44. The van der Waals surface area contributed by atoms with E-state index in [0.29, 0.717) is 0 Å². The summed E-state index contributed by atoms with van der Waals surface area (Å²) in [6.07, 6.45) is 1.08. The average molecular weight is 670 g/mol. The molecule has 0 fully saturated rings. The first-order chi connectivity index (χ1) is 13.3. The molecule has 0 aromatic heterocycles. The maximum Gasteiger partial charge on any atom is 0.0351 e. The molecule has 0 aliphatic rings. The second-order valence-electron chi connectivity index (χ2n) is 7.45. The zero-order chi connectivity index (χ0) is 21.9. The molecule has 37 heavy (non-hydrogen) atoms. The molecule has 0 bridgehead atoms. The topological polar surface area (TPSA) is 9.23 Å². The molecule has 0 radical (unpaired) electrons. The van der Waals surface area contributed by atoms with Gasteiger partial charge in [0.25, 0.3) is 0 Å². The molecule has 0 amide bonds. The number of methoxy groups -OCH3 is 1. The van der Waals surface area contributed by atoms with Gasteiger partial charge in [-0.2, -0.15) is 0 Å². The van der Waals surface area contributed by atoms with E-state index >= 15 is 0 Å². The van der Waals surface area contributed by atoms with Gasteiger partial charge in [0, 0.05) is 241 Å². The number of rotatable bonds is 1. The van der Waals surface area contributed by atoms with Crippen LogP contribution in [0.2, 0.25) is 0 Å². The van der Waals surface area contributed by atoms with Crippen LogP contribution in [0.25, 0.3) is 21.5 Å². The van der Waals surface area contributed by atoms with Crippen molar-refractivity contribution in [3.8, 4) is 0 Å². The van der Waals surface area contributed by atoms with Gasteiger partial charge in [0.2, 0.25) is 0 Å². The second kappa shape index (κ2) is 39.7. The van der Waals surface area contributed by atoms with Gasteiger partial charge in [0.05, 0.1) is 0 Å². The normalized spacial score (nSPS) is 7.76. The zero-order valence-electron chi connectivity index (χ0n) is 22.3. The first-order valence-electron chi connectivity index (χ1n) is 10.7. The molecule has 3 aromatic carbocycles. The van der Waals surface area contributed by atoms with E-state index in [1.807, 2.05) is 27.7 Å². The van der Waals surface area contributed by atoms with Crippen LogP contribution in [0.3, 0.4) is 0 Å². The number of benzene rings is 3. The molecule has 228 valence electrons. The van der Waals surface area contributed by atoms with Crippen molar-refractivity contribution in [1.29, 1.82) is 0 Å². The van der Waals surface area contributed by atoms with Crippen molar-refractivity contribution < 1.29 is 231 Å². The van der Waals surface area contributed by atoms with E-state index in [2.05, 4.69) is 81.8 Å². The molecule has 7 heteroatoms. The summed E-state index contributed by atoms with van der Waals surface area (Å²) in [5.41, 5.74) is 4.45. The van der Waals surface area contributed by atoms with Gasteiger partial charge < -0.3 is 4.74 Å². The van der Waals surface area contributed by atoms with Crippen LogP contribution in [0.5, 0.6) is 0 Å². The number of fused-ring (bicyclic) bond motifs is 3. The van der Waals surface area contributed by atoms with E-state index in [1.165, 1.54) is 38.2 Å². The van der Waals surface area contributed by atoms with Gasteiger partial charge in [-0.25, -0.2) is 0 Å². The summed E-state index contributed by atoms with van der Waals surface area (Å²) in [7, 11) is 3.25. The molecular weight excluding hydrogens is 616 g/mol. The van der Waals surface area contributed by atoms with Crippen LogP contribution >= 0.6 is 0 Å². The largest absolute Gasteiger partial charge is 0.388 e. The van der Waals surface area contributed by atoms with Crippen molar-refractivity contribution in [2.75, 3.05) is 14.2 Å². The number of hydrogen-bond acceptors (Lipinski definition) is 1. The van der Waals surface area contributed by atoms with Crippen LogP contribution in [0.15, 0.2) is 42.5 Å². The van der Waals surface area contributed by atoms with Crippen LogP contribution in [0.4, 0.5) is 0 Å². The molecule has 0 atom stereocenters. The van der Waals surface area contributed by atoms with Gasteiger partial charge in [-0.05, 0) is 57.0 Å². The monoisotopic (exact) mass is 670 g/mol. The maximum absolute atomic E-state index is 4.25. The molecule has 0 heterocycles. The average Bonchev–Trinajstić information content (AvgIpc) is 2.70. The SMILES string of the molecule is C.C.C.CC.CC.CCc1cccc2c1cc(C)c1c(C(C)(C)C)cccc12.COC.[Ar].[Ar].[Ar].[Ar].[Ar].[Ar]. The molecule has 0 saturated carbocycles. The first kappa shape index (κ1) is 69.4. The van der Waals surface area contributed by atoms with E-state index in [9.17, 15) is 0 Å². The summed E-state index contributed by atoms with van der Waals surface area (Å²) in [6.45, 7) is 19.4. The van der Waals surface area contributed by atoms with Crippen molar-refractivity contribution in [2.24, 2.45) is 0 Å². The molecule has 0 saturated heterocycles.